The van der Waals surface area contributed by atoms with Gasteiger partial charge < -0.3 is 14.9 Å². The lowest BCUT2D eigenvalue weighted by Crippen LogP contribution is -2.34. The number of hydrogen-bond donors (Lipinski definition) is 2. The predicted octanol–water partition coefficient (Wildman–Crippen LogP) is 4.50. The Bertz CT molecular complexity index is 594. The van der Waals surface area contributed by atoms with Crippen molar-refractivity contribution in [2.45, 2.75) is 84.3 Å². The number of aliphatic hydroxyl groups excluding tert-OH is 1. The Morgan fingerprint density at radius 1 is 1.36 bits per heavy atom. The van der Waals surface area contributed by atoms with E-state index >= 15 is 0 Å². The molecular formula is C23H36O5. The maximum atomic E-state index is 11.4. The topological polar surface area (TPSA) is 83.8 Å². The van der Waals surface area contributed by atoms with Gasteiger partial charge in [0.1, 0.15) is 6.10 Å². The summed E-state index contributed by atoms with van der Waals surface area (Å²) >= 11 is 0. The van der Waals surface area contributed by atoms with Crippen LogP contribution in [0.15, 0.2) is 23.8 Å². The summed E-state index contributed by atoms with van der Waals surface area (Å²) in [6.45, 7) is 5.86. The largest absolute Gasteiger partial charge is 0.481 e. The van der Waals surface area contributed by atoms with Gasteiger partial charge in [-0.05, 0) is 61.9 Å². The maximum Gasteiger partial charge on any atom is 0.308 e. The highest BCUT2D eigenvalue weighted by Gasteiger charge is 2.34. The number of allylic oxidation sites excluding steroid dienone is 4. The lowest BCUT2D eigenvalue weighted by Gasteiger charge is -2.38. The monoisotopic (exact) mass is 392 g/mol. The first kappa shape index (κ1) is 22.7. The van der Waals surface area contributed by atoms with Crippen LogP contribution in [-0.4, -0.2) is 34.4 Å². The molecule has 2 N–H and O–H groups in total. The van der Waals surface area contributed by atoms with Gasteiger partial charge in [0.05, 0.1) is 18.4 Å². The average molecular weight is 393 g/mol. The fraction of sp³-hybridized carbons (Fsp3) is 0.739. The molecular weight excluding hydrogens is 356 g/mol. The summed E-state index contributed by atoms with van der Waals surface area (Å²) < 4.78 is 5.39. The Hall–Kier alpha value is -1.62. The number of hydrogen-bond acceptors (Lipinski definition) is 4. The van der Waals surface area contributed by atoms with Crippen LogP contribution in [0.1, 0.15) is 72.1 Å². The molecule has 0 saturated carbocycles. The number of aliphatic hydroxyl groups is 1. The van der Waals surface area contributed by atoms with Crippen molar-refractivity contribution in [3.8, 4) is 0 Å². The summed E-state index contributed by atoms with van der Waals surface area (Å²) in [4.78, 5) is 21.4. The van der Waals surface area contributed by atoms with Crippen molar-refractivity contribution in [2.24, 2.45) is 23.7 Å². The van der Waals surface area contributed by atoms with Gasteiger partial charge >= 0.3 is 11.9 Å². The van der Waals surface area contributed by atoms with E-state index in [1.807, 2.05) is 6.92 Å². The molecule has 0 aromatic rings. The first-order chi connectivity index (χ1) is 13.3. The number of esters is 1. The fourth-order valence-corrected chi connectivity index (χ4v) is 4.40. The molecule has 3 rings (SSSR count). The molecule has 1 saturated heterocycles. The van der Waals surface area contributed by atoms with Gasteiger partial charge in [-0.3, -0.25) is 9.59 Å². The fourth-order valence-electron chi connectivity index (χ4n) is 4.40. The summed E-state index contributed by atoms with van der Waals surface area (Å²) in [5.74, 6) is 0.799. The number of carboxylic acids is 1. The van der Waals surface area contributed by atoms with E-state index in [9.17, 15) is 14.7 Å². The molecule has 5 unspecified atom stereocenters. The minimum Gasteiger partial charge on any atom is -0.481 e. The van der Waals surface area contributed by atoms with Crippen molar-refractivity contribution >= 4 is 11.9 Å². The molecule has 1 aliphatic heterocycles. The van der Waals surface area contributed by atoms with Crippen molar-refractivity contribution in [3.05, 3.63) is 23.8 Å². The second-order valence-electron chi connectivity index (χ2n) is 8.55. The smallest absolute Gasteiger partial charge is 0.308 e. The summed E-state index contributed by atoms with van der Waals surface area (Å²) in [6.07, 6.45) is 13.7. The molecule has 0 bridgehead atoms. The van der Waals surface area contributed by atoms with Crippen LogP contribution in [0.25, 0.3) is 0 Å². The van der Waals surface area contributed by atoms with Crippen LogP contribution in [0.3, 0.4) is 0 Å². The Labute approximate surface area is 168 Å². The van der Waals surface area contributed by atoms with E-state index in [4.69, 9.17) is 9.84 Å². The zero-order valence-corrected chi connectivity index (χ0v) is 17.5. The van der Waals surface area contributed by atoms with Crippen LogP contribution < -0.4 is 0 Å². The SMILES string of the molecule is CC1C=CC2=CCCCC2C1CC[C@@H]1CC(O)CC(=O)O1.CCC(C)C(=O)O. The Morgan fingerprint density at radius 2 is 2.11 bits per heavy atom. The quantitative estimate of drug-likeness (QED) is 0.673. The Kier molecular flexibility index (Phi) is 8.74. The predicted molar refractivity (Wildman–Crippen MR) is 109 cm³/mol. The van der Waals surface area contributed by atoms with Crippen LogP contribution in [0.2, 0.25) is 0 Å². The van der Waals surface area contributed by atoms with Crippen molar-refractivity contribution in [1.82, 2.24) is 0 Å². The van der Waals surface area contributed by atoms with Crippen molar-refractivity contribution < 1.29 is 24.5 Å². The molecule has 2 aliphatic carbocycles. The van der Waals surface area contributed by atoms with Crippen LogP contribution in [0.4, 0.5) is 0 Å². The van der Waals surface area contributed by atoms with Gasteiger partial charge in [-0.15, -0.1) is 0 Å². The van der Waals surface area contributed by atoms with Crippen LogP contribution in [0.5, 0.6) is 0 Å². The van der Waals surface area contributed by atoms with Crippen molar-refractivity contribution in [3.63, 3.8) is 0 Å². The number of rotatable bonds is 5. The lowest BCUT2D eigenvalue weighted by molar-refractivity contribution is -0.160. The standard InChI is InChI=1S/C18H26O3.C5H10O2/c1-12-6-7-13-4-2-3-5-17(13)16(12)9-8-15-10-14(19)11-18(20)21-15;1-3-4(2)5(6)7/h4,6-7,12,14-17,19H,2-3,5,8-11H2,1H3;4H,3H2,1-2H3,(H,6,7)/t12?,14?,15-,16?,17?;/m1./s1. The molecule has 0 amide bonds. The number of carboxylic acid groups (broad SMARTS) is 1. The Morgan fingerprint density at radius 3 is 2.71 bits per heavy atom. The molecule has 0 radical (unpaired) electrons. The van der Waals surface area contributed by atoms with Crippen molar-refractivity contribution in [2.75, 3.05) is 0 Å². The van der Waals surface area contributed by atoms with E-state index < -0.39 is 12.1 Å². The minimum absolute atomic E-state index is 0.0876. The average Bonchev–Trinajstić information content (AvgIpc) is 2.66. The van der Waals surface area contributed by atoms with E-state index in [-0.39, 0.29) is 24.4 Å². The molecule has 28 heavy (non-hydrogen) atoms. The first-order valence-corrected chi connectivity index (χ1v) is 10.8. The van der Waals surface area contributed by atoms with Gasteiger partial charge in [0, 0.05) is 6.42 Å². The summed E-state index contributed by atoms with van der Waals surface area (Å²) in [6, 6.07) is 0. The molecule has 158 valence electrons. The third-order valence-electron chi connectivity index (χ3n) is 6.40. The number of aliphatic carboxylic acids is 1. The highest BCUT2D eigenvalue weighted by molar-refractivity contribution is 5.71. The zero-order chi connectivity index (χ0) is 20.7. The maximum absolute atomic E-state index is 11.4. The summed E-state index contributed by atoms with van der Waals surface area (Å²) in [5, 5.41) is 17.9. The van der Waals surface area contributed by atoms with Gasteiger partial charge in [-0.25, -0.2) is 0 Å². The van der Waals surface area contributed by atoms with Gasteiger partial charge in [0.15, 0.2) is 0 Å². The molecule has 5 heteroatoms. The molecule has 5 nitrogen and oxygen atoms in total. The molecule has 1 heterocycles. The summed E-state index contributed by atoms with van der Waals surface area (Å²) in [5.41, 5.74) is 1.52. The van der Waals surface area contributed by atoms with E-state index in [1.54, 1.807) is 6.92 Å². The third kappa shape index (κ3) is 6.47. The zero-order valence-electron chi connectivity index (χ0n) is 17.5. The van der Waals surface area contributed by atoms with Gasteiger partial charge in [-0.1, -0.05) is 39.0 Å². The normalized spacial score (nSPS) is 32.9. The lowest BCUT2D eigenvalue weighted by atomic mass is 9.68. The Balaban J connectivity index is 0.000000345. The van der Waals surface area contributed by atoms with Crippen molar-refractivity contribution in [1.29, 1.82) is 0 Å². The van der Waals surface area contributed by atoms with Crippen LogP contribution >= 0.6 is 0 Å². The van der Waals surface area contributed by atoms with E-state index in [0.717, 1.165) is 19.3 Å². The number of carbonyl (C=O) groups is 2. The molecule has 0 aromatic carbocycles. The third-order valence-corrected chi connectivity index (χ3v) is 6.40. The number of cyclic esters (lactones) is 1. The first-order valence-electron chi connectivity index (χ1n) is 10.8. The minimum atomic E-state index is -0.706. The van der Waals surface area contributed by atoms with E-state index in [1.165, 1.54) is 24.8 Å². The second kappa shape index (κ2) is 10.8. The molecule has 0 spiro atoms. The molecule has 1 fully saturated rings. The second-order valence-corrected chi connectivity index (χ2v) is 8.55. The molecule has 0 aromatic heterocycles. The number of ether oxygens (including phenoxy) is 1. The number of fused-ring (bicyclic) bond motifs is 1. The van der Waals surface area contributed by atoms with Crippen LogP contribution in [0, 0.1) is 23.7 Å². The van der Waals surface area contributed by atoms with Crippen LogP contribution in [-0.2, 0) is 14.3 Å². The summed E-state index contributed by atoms with van der Waals surface area (Å²) in [7, 11) is 0. The van der Waals surface area contributed by atoms with E-state index in [0.29, 0.717) is 24.2 Å². The van der Waals surface area contributed by atoms with Gasteiger partial charge in [0.2, 0.25) is 0 Å². The van der Waals surface area contributed by atoms with Gasteiger partial charge in [-0.2, -0.15) is 0 Å². The highest BCUT2D eigenvalue weighted by Crippen LogP contribution is 2.42. The highest BCUT2D eigenvalue weighted by atomic mass is 16.5. The van der Waals surface area contributed by atoms with Gasteiger partial charge in [0.25, 0.3) is 0 Å². The number of carbonyl (C=O) groups excluding carboxylic acids is 1. The van der Waals surface area contributed by atoms with E-state index in [2.05, 4.69) is 25.2 Å². The molecule has 6 atom stereocenters. The molecule has 3 aliphatic rings.